The topological polar surface area (TPSA) is 39.9 Å². The third-order valence-corrected chi connectivity index (χ3v) is 4.28. The molecule has 0 bridgehead atoms. The van der Waals surface area contributed by atoms with Crippen molar-refractivity contribution in [2.24, 2.45) is 0 Å². The fourth-order valence-corrected chi connectivity index (χ4v) is 2.46. The van der Waals surface area contributed by atoms with Crippen LogP contribution in [0.15, 0.2) is 23.1 Å². The molecule has 2 rings (SSSR count). The lowest BCUT2D eigenvalue weighted by atomic mass is 10.5. The van der Waals surface area contributed by atoms with E-state index in [2.05, 4.69) is 39.0 Å². The fourth-order valence-electron chi connectivity index (χ4n) is 1.52. The standard InChI is InChI=1S/C11H16BrN3OSi/c1-17(2)6-5-16-8-15-4-3-9-11(15)13-7-10(12)14-9/h3-4,7,17H,5-6,8H2,1-2H3. The second-order valence-electron chi connectivity index (χ2n) is 4.41. The summed E-state index contributed by atoms with van der Waals surface area (Å²) in [7, 11) is -0.506. The van der Waals surface area contributed by atoms with E-state index in [1.165, 1.54) is 6.04 Å². The van der Waals surface area contributed by atoms with Gasteiger partial charge in [0.1, 0.15) is 16.9 Å². The van der Waals surface area contributed by atoms with Gasteiger partial charge in [0.25, 0.3) is 0 Å². The summed E-state index contributed by atoms with van der Waals surface area (Å²) in [4.78, 5) is 8.67. The summed E-state index contributed by atoms with van der Waals surface area (Å²) in [6.45, 7) is 6.06. The average Bonchev–Trinajstić information content (AvgIpc) is 2.66. The highest BCUT2D eigenvalue weighted by atomic mass is 79.9. The van der Waals surface area contributed by atoms with E-state index in [1.54, 1.807) is 6.20 Å². The van der Waals surface area contributed by atoms with Gasteiger partial charge in [-0.05, 0) is 28.0 Å². The second kappa shape index (κ2) is 5.75. The molecule has 0 aliphatic carbocycles. The fraction of sp³-hybridized carbons (Fsp3) is 0.455. The number of aromatic nitrogens is 3. The van der Waals surface area contributed by atoms with Gasteiger partial charge in [-0.25, -0.2) is 9.97 Å². The minimum atomic E-state index is -0.506. The number of hydrogen-bond acceptors (Lipinski definition) is 3. The minimum Gasteiger partial charge on any atom is -0.361 e. The first-order valence-electron chi connectivity index (χ1n) is 5.72. The highest BCUT2D eigenvalue weighted by Gasteiger charge is 2.04. The molecule has 0 atom stereocenters. The molecule has 2 aromatic rings. The number of fused-ring (bicyclic) bond motifs is 1. The molecule has 0 aliphatic heterocycles. The van der Waals surface area contributed by atoms with Crippen molar-refractivity contribution in [1.82, 2.24) is 14.5 Å². The molecule has 6 heteroatoms. The van der Waals surface area contributed by atoms with E-state index in [9.17, 15) is 0 Å². The summed E-state index contributed by atoms with van der Waals surface area (Å²) < 4.78 is 8.39. The first-order valence-corrected chi connectivity index (χ1v) is 9.64. The van der Waals surface area contributed by atoms with Gasteiger partial charge in [0.2, 0.25) is 0 Å². The van der Waals surface area contributed by atoms with Crippen LogP contribution in [0.1, 0.15) is 0 Å². The van der Waals surface area contributed by atoms with Crippen molar-refractivity contribution in [2.75, 3.05) is 6.61 Å². The van der Waals surface area contributed by atoms with Crippen molar-refractivity contribution in [3.63, 3.8) is 0 Å². The predicted molar refractivity (Wildman–Crippen MR) is 74.9 cm³/mol. The number of halogens is 1. The molecule has 2 aromatic heterocycles. The molecule has 0 aromatic carbocycles. The van der Waals surface area contributed by atoms with Crippen LogP contribution >= 0.6 is 15.9 Å². The lowest BCUT2D eigenvalue weighted by Crippen LogP contribution is -2.08. The van der Waals surface area contributed by atoms with Gasteiger partial charge in [-0.1, -0.05) is 13.1 Å². The zero-order valence-corrected chi connectivity index (χ0v) is 12.8. The van der Waals surface area contributed by atoms with Gasteiger partial charge in [-0.15, -0.1) is 0 Å². The number of nitrogens with zero attached hydrogens (tertiary/aromatic N) is 3. The molecule has 17 heavy (non-hydrogen) atoms. The molecule has 0 unspecified atom stereocenters. The molecule has 0 fully saturated rings. The van der Waals surface area contributed by atoms with Crippen LogP contribution in [-0.4, -0.2) is 29.9 Å². The van der Waals surface area contributed by atoms with Crippen molar-refractivity contribution >= 4 is 35.9 Å². The van der Waals surface area contributed by atoms with Gasteiger partial charge >= 0.3 is 0 Å². The maximum atomic E-state index is 5.65. The van der Waals surface area contributed by atoms with Crippen LogP contribution in [0.2, 0.25) is 19.1 Å². The van der Waals surface area contributed by atoms with Crippen LogP contribution < -0.4 is 0 Å². The van der Waals surface area contributed by atoms with E-state index >= 15 is 0 Å². The highest BCUT2D eigenvalue weighted by Crippen LogP contribution is 2.14. The van der Waals surface area contributed by atoms with Gasteiger partial charge in [-0.3, -0.25) is 0 Å². The summed E-state index contributed by atoms with van der Waals surface area (Å²) in [5.41, 5.74) is 1.76. The van der Waals surface area contributed by atoms with Gasteiger partial charge in [-0.2, -0.15) is 0 Å². The van der Waals surface area contributed by atoms with Crippen LogP contribution in [0.25, 0.3) is 11.2 Å². The summed E-state index contributed by atoms with van der Waals surface area (Å²) in [5, 5.41) is 0. The van der Waals surface area contributed by atoms with Crippen LogP contribution in [0.5, 0.6) is 0 Å². The molecular formula is C11H16BrN3OSi. The van der Waals surface area contributed by atoms with Crippen molar-refractivity contribution < 1.29 is 4.74 Å². The molecule has 0 amide bonds. The Morgan fingerprint density at radius 1 is 1.47 bits per heavy atom. The Kier molecular flexibility index (Phi) is 4.30. The summed E-state index contributed by atoms with van der Waals surface area (Å²) in [6, 6.07) is 3.17. The molecule has 92 valence electrons. The first kappa shape index (κ1) is 12.7. The molecule has 0 spiro atoms. The minimum absolute atomic E-state index is 0.506. The Bertz CT molecular complexity index is 500. The lowest BCUT2D eigenvalue weighted by molar-refractivity contribution is 0.0902. The van der Waals surface area contributed by atoms with Gasteiger partial charge in [0, 0.05) is 21.6 Å². The summed E-state index contributed by atoms with van der Waals surface area (Å²) in [6.07, 6.45) is 3.67. The summed E-state index contributed by atoms with van der Waals surface area (Å²) in [5.74, 6) is 0. The van der Waals surface area contributed by atoms with Crippen LogP contribution in [0.4, 0.5) is 0 Å². The third-order valence-electron chi connectivity index (χ3n) is 2.50. The molecule has 0 radical (unpaired) electrons. The SMILES string of the molecule is C[SiH](C)CCOCn1ccc2nc(Br)cnc21. The van der Waals surface area contributed by atoms with Crippen molar-refractivity contribution in [3.8, 4) is 0 Å². The first-order chi connectivity index (χ1) is 8.16. The molecule has 0 N–H and O–H groups in total. The highest BCUT2D eigenvalue weighted by molar-refractivity contribution is 9.10. The molecule has 0 aliphatic rings. The van der Waals surface area contributed by atoms with Crippen LogP contribution in [0, 0.1) is 0 Å². The smallest absolute Gasteiger partial charge is 0.160 e. The molecule has 0 saturated heterocycles. The second-order valence-corrected chi connectivity index (χ2v) is 8.58. The molecule has 0 saturated carbocycles. The van der Waals surface area contributed by atoms with Gasteiger partial charge in [0.15, 0.2) is 5.65 Å². The molecule has 4 nitrogen and oxygen atoms in total. The van der Waals surface area contributed by atoms with Crippen molar-refractivity contribution in [1.29, 1.82) is 0 Å². The van der Waals surface area contributed by atoms with Gasteiger partial charge in [0.05, 0.1) is 6.20 Å². The summed E-state index contributed by atoms with van der Waals surface area (Å²) >= 11 is 3.31. The zero-order valence-electron chi connectivity index (χ0n) is 10.1. The maximum absolute atomic E-state index is 5.65. The van der Waals surface area contributed by atoms with Gasteiger partial charge < -0.3 is 9.30 Å². The number of rotatable bonds is 5. The van der Waals surface area contributed by atoms with Crippen molar-refractivity contribution in [2.45, 2.75) is 25.9 Å². The van der Waals surface area contributed by atoms with E-state index in [1.807, 2.05) is 16.8 Å². The Labute approximate surface area is 111 Å². The molecule has 2 heterocycles. The monoisotopic (exact) mass is 313 g/mol. The van der Waals surface area contributed by atoms with E-state index in [-0.39, 0.29) is 0 Å². The lowest BCUT2D eigenvalue weighted by Gasteiger charge is -2.07. The zero-order chi connectivity index (χ0) is 12.3. The Balaban J connectivity index is 1.99. The maximum Gasteiger partial charge on any atom is 0.160 e. The molecular weight excluding hydrogens is 298 g/mol. The number of ether oxygens (including phenoxy) is 1. The van der Waals surface area contributed by atoms with E-state index in [0.717, 1.165) is 22.4 Å². The van der Waals surface area contributed by atoms with Crippen LogP contribution in [0.3, 0.4) is 0 Å². The quantitative estimate of drug-likeness (QED) is 0.629. The van der Waals surface area contributed by atoms with Crippen LogP contribution in [-0.2, 0) is 11.5 Å². The predicted octanol–water partition coefficient (Wildman–Crippen LogP) is 2.65. The van der Waals surface area contributed by atoms with E-state index in [0.29, 0.717) is 6.73 Å². The third kappa shape index (κ3) is 3.37. The Morgan fingerprint density at radius 3 is 3.06 bits per heavy atom. The van der Waals surface area contributed by atoms with E-state index in [4.69, 9.17) is 4.74 Å². The van der Waals surface area contributed by atoms with E-state index < -0.39 is 8.80 Å². The number of hydrogen-bond donors (Lipinski definition) is 0. The Hall–Kier alpha value is -0.723. The average molecular weight is 314 g/mol. The van der Waals surface area contributed by atoms with Crippen molar-refractivity contribution in [3.05, 3.63) is 23.1 Å². The largest absolute Gasteiger partial charge is 0.361 e. The Morgan fingerprint density at radius 2 is 2.29 bits per heavy atom. The normalized spacial score (nSPS) is 11.5.